The fraction of sp³-hybridized carbons (Fsp3) is 0. The number of rotatable bonds is 4. The van der Waals surface area contributed by atoms with Crippen LogP contribution in [0.1, 0.15) is 0 Å². The normalized spacial score (nSPS) is 11.8. The summed E-state index contributed by atoms with van der Waals surface area (Å²) in [6.07, 6.45) is 2.18. The first-order valence-corrected chi connectivity index (χ1v) is 17.7. The first-order chi connectivity index (χ1) is 25.8. The zero-order valence-electron chi connectivity index (χ0n) is 28.1. The Morgan fingerprint density at radius 2 is 1.04 bits per heavy atom. The van der Waals surface area contributed by atoms with Crippen LogP contribution in [0.15, 0.2) is 182 Å². The molecule has 0 atom stereocenters. The van der Waals surface area contributed by atoms with Crippen LogP contribution in [0.25, 0.3) is 99.2 Å². The summed E-state index contributed by atoms with van der Waals surface area (Å²) in [5, 5.41) is 9.79. The number of hydrogen-bond donors (Lipinski definition) is 0. The molecule has 3 aromatic heterocycles. The summed E-state index contributed by atoms with van der Waals surface area (Å²) in [5.74, 6) is 0.713. The predicted octanol–water partition coefficient (Wildman–Crippen LogP) is 12.3. The van der Waals surface area contributed by atoms with Crippen LogP contribution in [-0.4, -0.2) is 19.1 Å². The van der Waals surface area contributed by atoms with Gasteiger partial charge in [-0.15, -0.1) is 0 Å². The maximum absolute atomic E-state index is 5.15. The van der Waals surface area contributed by atoms with Crippen molar-refractivity contribution in [1.29, 1.82) is 0 Å². The molecule has 11 aromatic rings. The molecule has 0 saturated heterocycles. The fourth-order valence-corrected chi connectivity index (χ4v) is 8.17. The van der Waals surface area contributed by atoms with Crippen molar-refractivity contribution in [3.8, 4) is 34.0 Å². The van der Waals surface area contributed by atoms with Crippen LogP contribution in [0.2, 0.25) is 0 Å². The fourth-order valence-electron chi connectivity index (χ4n) is 8.17. The van der Waals surface area contributed by atoms with Crippen LogP contribution in [0.4, 0.5) is 0 Å². The average Bonchev–Trinajstić information content (AvgIpc) is 3.79. The lowest BCUT2D eigenvalue weighted by atomic mass is 9.96. The molecule has 0 bridgehead atoms. The maximum Gasteiger partial charge on any atom is 0.160 e. The summed E-state index contributed by atoms with van der Waals surface area (Å²) >= 11 is 0. The lowest BCUT2D eigenvalue weighted by Crippen LogP contribution is -1.98. The molecule has 0 unspecified atom stereocenters. The van der Waals surface area contributed by atoms with E-state index in [0.29, 0.717) is 5.82 Å². The summed E-state index contributed by atoms with van der Waals surface area (Å²) in [7, 11) is 0. The van der Waals surface area contributed by atoms with Crippen molar-refractivity contribution in [3.05, 3.63) is 182 Å². The molecule has 8 aromatic carbocycles. The van der Waals surface area contributed by atoms with Crippen LogP contribution in [0, 0.1) is 0 Å². The van der Waals surface area contributed by atoms with Gasteiger partial charge in [-0.1, -0.05) is 115 Å². The van der Waals surface area contributed by atoms with E-state index in [2.05, 4.69) is 179 Å². The van der Waals surface area contributed by atoms with Crippen LogP contribution >= 0.6 is 0 Å². The number of hydrogen-bond acceptors (Lipinski definition) is 2. The van der Waals surface area contributed by atoms with Crippen LogP contribution in [0.5, 0.6) is 0 Å². The van der Waals surface area contributed by atoms with E-state index in [1.54, 1.807) is 0 Å². The third-order valence-electron chi connectivity index (χ3n) is 10.5. The Morgan fingerprint density at radius 3 is 1.81 bits per heavy atom. The van der Waals surface area contributed by atoms with Gasteiger partial charge in [0.1, 0.15) is 0 Å². The summed E-state index contributed by atoms with van der Waals surface area (Å²) in [5.41, 5.74) is 9.71. The summed E-state index contributed by atoms with van der Waals surface area (Å²) in [6.45, 7) is 0. The van der Waals surface area contributed by atoms with E-state index in [0.717, 1.165) is 39.1 Å². The molecule has 0 aliphatic rings. The standard InChI is InChI=1S/C48H30N4/c1-3-13-31(14-4-1)46-40-21-11-12-22-42(40)49-48(50-46)32-23-25-35(26-24-32)52-44-30-43-33(27-28-51(43)34-15-5-2-6-16-34)29-41(44)45-38-19-9-7-17-36(38)37-18-8-10-20-39(37)47(45)52/h1-30H. The molecule has 11 rings (SSSR count). The highest BCUT2D eigenvalue weighted by Crippen LogP contribution is 2.44. The van der Waals surface area contributed by atoms with Gasteiger partial charge in [0.25, 0.3) is 0 Å². The van der Waals surface area contributed by atoms with Crippen molar-refractivity contribution >= 4 is 65.2 Å². The molecule has 0 aliphatic heterocycles. The molecule has 0 spiro atoms. The van der Waals surface area contributed by atoms with Crippen molar-refractivity contribution in [3.63, 3.8) is 0 Å². The first-order valence-electron chi connectivity index (χ1n) is 17.7. The SMILES string of the molecule is c1ccc(-c2nc(-c3ccc(-n4c5cc6c(ccn6-c6ccccc6)cc5c5c6ccccc6c6ccccc6c54)cc3)nc3ccccc23)cc1. The Balaban J connectivity index is 1.19. The van der Waals surface area contributed by atoms with Gasteiger partial charge in [-0.05, 0) is 76.8 Å². The van der Waals surface area contributed by atoms with E-state index in [1.807, 2.05) is 12.1 Å². The van der Waals surface area contributed by atoms with Crippen LogP contribution in [0.3, 0.4) is 0 Å². The Hall–Kier alpha value is -7.04. The van der Waals surface area contributed by atoms with Gasteiger partial charge in [0.05, 0.1) is 27.8 Å². The van der Waals surface area contributed by atoms with Gasteiger partial charge in [0.2, 0.25) is 0 Å². The Bertz CT molecular complexity index is 3160. The lowest BCUT2D eigenvalue weighted by molar-refractivity contribution is 1.13. The monoisotopic (exact) mass is 662 g/mol. The zero-order chi connectivity index (χ0) is 34.2. The second-order valence-electron chi connectivity index (χ2n) is 13.4. The summed E-state index contributed by atoms with van der Waals surface area (Å²) in [6, 6.07) is 62.7. The third kappa shape index (κ3) is 4.28. The molecule has 0 N–H and O–H groups in total. The number of para-hydroxylation sites is 2. The first kappa shape index (κ1) is 28.8. The molecule has 242 valence electrons. The average molecular weight is 663 g/mol. The van der Waals surface area contributed by atoms with Gasteiger partial charge in [0.15, 0.2) is 5.82 Å². The van der Waals surface area contributed by atoms with E-state index < -0.39 is 0 Å². The Kier molecular flexibility index (Phi) is 6.22. The van der Waals surface area contributed by atoms with Gasteiger partial charge >= 0.3 is 0 Å². The second-order valence-corrected chi connectivity index (χ2v) is 13.4. The summed E-state index contributed by atoms with van der Waals surface area (Å²) in [4.78, 5) is 10.2. The molecule has 52 heavy (non-hydrogen) atoms. The molecule has 0 radical (unpaired) electrons. The van der Waals surface area contributed by atoms with E-state index >= 15 is 0 Å². The van der Waals surface area contributed by atoms with Gasteiger partial charge in [-0.3, -0.25) is 0 Å². The third-order valence-corrected chi connectivity index (χ3v) is 10.5. The van der Waals surface area contributed by atoms with Crippen molar-refractivity contribution in [2.75, 3.05) is 0 Å². The highest BCUT2D eigenvalue weighted by atomic mass is 15.0. The Labute approximate surface area is 299 Å². The van der Waals surface area contributed by atoms with E-state index in [9.17, 15) is 0 Å². The van der Waals surface area contributed by atoms with Crippen molar-refractivity contribution < 1.29 is 0 Å². The van der Waals surface area contributed by atoms with Gasteiger partial charge in [-0.2, -0.15) is 0 Å². The van der Waals surface area contributed by atoms with Gasteiger partial charge in [0, 0.05) is 55.6 Å². The molecule has 4 heteroatoms. The summed E-state index contributed by atoms with van der Waals surface area (Å²) < 4.78 is 4.75. The molecule has 0 aliphatic carbocycles. The molecule has 0 amide bonds. The lowest BCUT2D eigenvalue weighted by Gasteiger charge is -2.13. The zero-order valence-corrected chi connectivity index (χ0v) is 28.1. The highest BCUT2D eigenvalue weighted by Gasteiger charge is 2.21. The second kappa shape index (κ2) is 11.2. The molecule has 0 fully saturated rings. The largest absolute Gasteiger partial charge is 0.316 e. The minimum absolute atomic E-state index is 0.713. The minimum atomic E-state index is 0.713. The topological polar surface area (TPSA) is 35.6 Å². The minimum Gasteiger partial charge on any atom is -0.316 e. The predicted molar refractivity (Wildman–Crippen MR) is 217 cm³/mol. The van der Waals surface area contributed by atoms with Crippen molar-refractivity contribution in [2.45, 2.75) is 0 Å². The van der Waals surface area contributed by atoms with Crippen molar-refractivity contribution in [2.24, 2.45) is 0 Å². The highest BCUT2D eigenvalue weighted by molar-refractivity contribution is 6.32. The smallest absolute Gasteiger partial charge is 0.160 e. The van der Waals surface area contributed by atoms with Crippen LogP contribution in [-0.2, 0) is 0 Å². The van der Waals surface area contributed by atoms with Gasteiger partial charge in [-0.25, -0.2) is 9.97 Å². The molecule has 3 heterocycles. The molecule has 0 saturated carbocycles. The van der Waals surface area contributed by atoms with Gasteiger partial charge < -0.3 is 9.13 Å². The number of nitrogens with zero attached hydrogens (tertiary/aromatic N) is 4. The van der Waals surface area contributed by atoms with Crippen LogP contribution < -0.4 is 0 Å². The number of aromatic nitrogens is 4. The quantitative estimate of drug-likeness (QED) is 0.176. The maximum atomic E-state index is 5.15. The molecular formula is C48H30N4. The Morgan fingerprint density at radius 1 is 0.404 bits per heavy atom. The van der Waals surface area contributed by atoms with Crippen molar-refractivity contribution in [1.82, 2.24) is 19.1 Å². The number of fused-ring (bicyclic) bond motifs is 10. The molecule has 4 nitrogen and oxygen atoms in total. The van der Waals surface area contributed by atoms with E-state index in [-0.39, 0.29) is 0 Å². The van der Waals surface area contributed by atoms with E-state index in [1.165, 1.54) is 54.3 Å². The molecular weight excluding hydrogens is 633 g/mol. The number of benzene rings is 8. The van der Waals surface area contributed by atoms with E-state index in [4.69, 9.17) is 9.97 Å².